The second kappa shape index (κ2) is 8.61. The molecule has 0 spiro atoms. The highest BCUT2D eigenvalue weighted by molar-refractivity contribution is 5.92. The van der Waals surface area contributed by atoms with Crippen molar-refractivity contribution in [1.29, 1.82) is 0 Å². The molecular formula is C24H23N5O. The lowest BCUT2D eigenvalue weighted by atomic mass is 10.1. The van der Waals surface area contributed by atoms with E-state index >= 15 is 0 Å². The molecule has 2 aromatic heterocycles. The number of rotatable bonds is 6. The lowest BCUT2D eigenvalue weighted by Gasteiger charge is -2.13. The maximum Gasteiger partial charge on any atom is 0.246 e. The lowest BCUT2D eigenvalue weighted by Crippen LogP contribution is -2.23. The van der Waals surface area contributed by atoms with Crippen LogP contribution >= 0.6 is 0 Å². The van der Waals surface area contributed by atoms with Crippen molar-refractivity contribution in [2.24, 2.45) is 7.05 Å². The van der Waals surface area contributed by atoms with E-state index in [4.69, 9.17) is 5.10 Å². The van der Waals surface area contributed by atoms with Gasteiger partial charge in [0.2, 0.25) is 5.91 Å². The topological polar surface area (TPSA) is 56.0 Å². The number of nitrogens with zero attached hydrogens (tertiary/aromatic N) is 5. The summed E-state index contributed by atoms with van der Waals surface area (Å²) in [7, 11) is 3.64. The number of benzene rings is 2. The fourth-order valence-electron chi connectivity index (χ4n) is 3.24. The molecule has 0 saturated carbocycles. The molecule has 0 aliphatic rings. The molecule has 150 valence electrons. The third kappa shape index (κ3) is 4.38. The molecule has 0 N–H and O–H groups in total. The summed E-state index contributed by atoms with van der Waals surface area (Å²) in [6.07, 6.45) is 9.05. The summed E-state index contributed by atoms with van der Waals surface area (Å²) in [6.45, 7) is 0.506. The predicted octanol–water partition coefficient (Wildman–Crippen LogP) is 3.94. The highest BCUT2D eigenvalue weighted by atomic mass is 16.2. The zero-order chi connectivity index (χ0) is 20.9. The average Bonchev–Trinajstić information content (AvgIpc) is 3.39. The smallest absolute Gasteiger partial charge is 0.246 e. The first-order chi connectivity index (χ1) is 14.6. The number of aromatic nitrogens is 4. The molecule has 0 aliphatic heterocycles. The molecule has 4 aromatic rings. The number of amides is 1. The van der Waals surface area contributed by atoms with Crippen LogP contribution in [0.5, 0.6) is 0 Å². The molecule has 0 bridgehead atoms. The average molecular weight is 397 g/mol. The SMILES string of the molecule is CN(Cc1cnn(C)c1)C(=O)/C=C/c1cn(-c2ccccc2)nc1-c1ccccc1. The van der Waals surface area contributed by atoms with Crippen LogP contribution < -0.4 is 0 Å². The van der Waals surface area contributed by atoms with Crippen molar-refractivity contribution < 1.29 is 4.79 Å². The zero-order valence-electron chi connectivity index (χ0n) is 17.0. The van der Waals surface area contributed by atoms with Gasteiger partial charge in [0.05, 0.1) is 17.6 Å². The van der Waals surface area contributed by atoms with E-state index in [1.165, 1.54) is 0 Å². The maximum atomic E-state index is 12.6. The Hall–Kier alpha value is -3.93. The van der Waals surface area contributed by atoms with Gasteiger partial charge in [-0.15, -0.1) is 0 Å². The summed E-state index contributed by atoms with van der Waals surface area (Å²) >= 11 is 0. The predicted molar refractivity (Wildman–Crippen MR) is 118 cm³/mol. The third-order valence-corrected chi connectivity index (χ3v) is 4.77. The second-order valence-electron chi connectivity index (χ2n) is 7.13. The summed E-state index contributed by atoms with van der Waals surface area (Å²) in [5.74, 6) is -0.0784. The van der Waals surface area contributed by atoms with Gasteiger partial charge in [0.15, 0.2) is 0 Å². The standard InChI is InChI=1S/C24H23N5O/c1-27(16-19-15-25-28(2)17-19)23(30)14-13-21-18-29(22-11-7-4-8-12-22)26-24(21)20-9-5-3-6-10-20/h3-15,17-18H,16H2,1-2H3/b14-13+. The van der Waals surface area contributed by atoms with Crippen LogP contribution in [0.1, 0.15) is 11.1 Å². The Morgan fingerprint density at radius 2 is 1.73 bits per heavy atom. The minimum absolute atomic E-state index is 0.0784. The van der Waals surface area contributed by atoms with E-state index in [0.717, 1.165) is 28.1 Å². The van der Waals surface area contributed by atoms with Crippen LogP contribution in [0, 0.1) is 0 Å². The fraction of sp³-hybridized carbons (Fsp3) is 0.125. The van der Waals surface area contributed by atoms with Crippen molar-refractivity contribution in [3.63, 3.8) is 0 Å². The molecule has 1 amide bonds. The van der Waals surface area contributed by atoms with E-state index in [1.54, 1.807) is 28.9 Å². The Morgan fingerprint density at radius 3 is 2.40 bits per heavy atom. The van der Waals surface area contributed by atoms with Crippen molar-refractivity contribution in [3.05, 3.63) is 96.5 Å². The highest BCUT2D eigenvalue weighted by Crippen LogP contribution is 2.24. The maximum absolute atomic E-state index is 12.6. The molecule has 0 aliphatic carbocycles. The number of carbonyl (C=O) groups excluding carboxylic acids is 1. The molecular weight excluding hydrogens is 374 g/mol. The number of aryl methyl sites for hydroxylation is 1. The quantitative estimate of drug-likeness (QED) is 0.463. The molecule has 0 radical (unpaired) electrons. The minimum atomic E-state index is -0.0784. The molecule has 4 rings (SSSR count). The molecule has 0 atom stereocenters. The number of hydrogen-bond acceptors (Lipinski definition) is 3. The van der Waals surface area contributed by atoms with Gasteiger partial charge in [-0.25, -0.2) is 4.68 Å². The van der Waals surface area contributed by atoms with Crippen LogP contribution in [0.15, 0.2) is 85.3 Å². The molecule has 6 heteroatoms. The van der Waals surface area contributed by atoms with E-state index in [-0.39, 0.29) is 5.91 Å². The monoisotopic (exact) mass is 397 g/mol. The van der Waals surface area contributed by atoms with Gasteiger partial charge in [-0.05, 0) is 18.2 Å². The fourth-order valence-corrected chi connectivity index (χ4v) is 3.24. The summed E-state index contributed by atoms with van der Waals surface area (Å²) in [6, 6.07) is 19.9. The summed E-state index contributed by atoms with van der Waals surface area (Å²) in [5.41, 5.74) is 4.67. The first-order valence-corrected chi connectivity index (χ1v) is 9.71. The Kier molecular flexibility index (Phi) is 5.57. The van der Waals surface area contributed by atoms with Crippen LogP contribution in [0.3, 0.4) is 0 Å². The van der Waals surface area contributed by atoms with Gasteiger partial charge < -0.3 is 4.90 Å². The van der Waals surface area contributed by atoms with Crippen LogP contribution in [-0.4, -0.2) is 37.4 Å². The summed E-state index contributed by atoms with van der Waals surface area (Å²) < 4.78 is 3.57. The van der Waals surface area contributed by atoms with E-state index in [1.807, 2.05) is 90.9 Å². The van der Waals surface area contributed by atoms with Gasteiger partial charge in [0.1, 0.15) is 0 Å². The van der Waals surface area contributed by atoms with Gasteiger partial charge in [-0.3, -0.25) is 9.48 Å². The van der Waals surface area contributed by atoms with Gasteiger partial charge in [0.25, 0.3) is 0 Å². The molecule has 2 aromatic carbocycles. The minimum Gasteiger partial charge on any atom is -0.338 e. The van der Waals surface area contributed by atoms with Gasteiger partial charge in [0, 0.05) is 55.8 Å². The van der Waals surface area contributed by atoms with Gasteiger partial charge >= 0.3 is 0 Å². The van der Waals surface area contributed by atoms with E-state index < -0.39 is 0 Å². The van der Waals surface area contributed by atoms with Crippen molar-refractivity contribution in [3.8, 4) is 16.9 Å². The van der Waals surface area contributed by atoms with E-state index in [0.29, 0.717) is 6.54 Å². The van der Waals surface area contributed by atoms with Crippen molar-refractivity contribution in [2.75, 3.05) is 7.05 Å². The Labute approximate surface area is 175 Å². The zero-order valence-corrected chi connectivity index (χ0v) is 17.0. The van der Waals surface area contributed by atoms with Gasteiger partial charge in [-0.2, -0.15) is 10.2 Å². The van der Waals surface area contributed by atoms with Crippen LogP contribution in [0.25, 0.3) is 23.0 Å². The van der Waals surface area contributed by atoms with Crippen molar-refractivity contribution in [2.45, 2.75) is 6.54 Å². The summed E-state index contributed by atoms with van der Waals surface area (Å²) in [5, 5.41) is 8.92. The lowest BCUT2D eigenvalue weighted by molar-refractivity contribution is -0.125. The first-order valence-electron chi connectivity index (χ1n) is 9.71. The summed E-state index contributed by atoms with van der Waals surface area (Å²) in [4.78, 5) is 14.3. The molecule has 0 saturated heterocycles. The number of hydrogen-bond donors (Lipinski definition) is 0. The molecule has 2 heterocycles. The molecule has 30 heavy (non-hydrogen) atoms. The van der Waals surface area contributed by atoms with Crippen LogP contribution in [0.2, 0.25) is 0 Å². The van der Waals surface area contributed by atoms with Gasteiger partial charge in [-0.1, -0.05) is 48.5 Å². The second-order valence-corrected chi connectivity index (χ2v) is 7.13. The highest BCUT2D eigenvalue weighted by Gasteiger charge is 2.12. The number of para-hydroxylation sites is 1. The van der Waals surface area contributed by atoms with E-state index in [2.05, 4.69) is 5.10 Å². The van der Waals surface area contributed by atoms with Crippen molar-refractivity contribution in [1.82, 2.24) is 24.5 Å². The molecule has 6 nitrogen and oxygen atoms in total. The Bertz CT molecular complexity index is 1160. The Morgan fingerprint density at radius 1 is 1.03 bits per heavy atom. The Balaban J connectivity index is 1.60. The third-order valence-electron chi connectivity index (χ3n) is 4.77. The van der Waals surface area contributed by atoms with Crippen molar-refractivity contribution >= 4 is 12.0 Å². The van der Waals surface area contributed by atoms with E-state index in [9.17, 15) is 4.79 Å². The van der Waals surface area contributed by atoms with Crippen LogP contribution in [0.4, 0.5) is 0 Å². The molecule has 0 fully saturated rings. The number of likely N-dealkylation sites (N-methyl/N-ethyl adjacent to an activating group) is 1. The number of carbonyl (C=O) groups is 1. The first kappa shape index (κ1) is 19.4. The largest absolute Gasteiger partial charge is 0.338 e. The molecule has 0 unspecified atom stereocenters. The van der Waals surface area contributed by atoms with Crippen LogP contribution in [-0.2, 0) is 18.4 Å². The normalized spacial score (nSPS) is 11.1.